The Bertz CT molecular complexity index is 551. The van der Waals surface area contributed by atoms with E-state index in [1.54, 1.807) is 25.6 Å². The van der Waals surface area contributed by atoms with Crippen molar-refractivity contribution in [2.24, 2.45) is 0 Å². The summed E-state index contributed by atoms with van der Waals surface area (Å²) in [5, 5.41) is 4.44. The number of ether oxygens (including phenoxy) is 2. The highest BCUT2D eigenvalue weighted by Gasteiger charge is 2.15. The minimum absolute atomic E-state index is 0.142. The first kappa shape index (κ1) is 14.7. The van der Waals surface area contributed by atoms with E-state index >= 15 is 0 Å². The van der Waals surface area contributed by atoms with E-state index in [1.807, 2.05) is 13.1 Å². The molecule has 2 aromatic rings. The molecule has 0 bridgehead atoms. The summed E-state index contributed by atoms with van der Waals surface area (Å²) in [6, 6.07) is 0.142. The molecule has 0 aromatic carbocycles. The molecule has 1 N–H and O–H groups in total. The maximum atomic E-state index is 5.25. The molecule has 0 saturated heterocycles. The van der Waals surface area contributed by atoms with Crippen molar-refractivity contribution in [2.45, 2.75) is 26.4 Å². The maximum absolute atomic E-state index is 5.25. The lowest BCUT2D eigenvalue weighted by atomic mass is 10.2. The van der Waals surface area contributed by atoms with Gasteiger partial charge in [-0.25, -0.2) is 15.0 Å². The zero-order valence-corrected chi connectivity index (χ0v) is 12.8. The van der Waals surface area contributed by atoms with Crippen LogP contribution < -0.4 is 14.8 Å². The van der Waals surface area contributed by atoms with E-state index in [4.69, 9.17) is 9.47 Å². The molecule has 0 spiro atoms. The van der Waals surface area contributed by atoms with Crippen molar-refractivity contribution < 1.29 is 9.47 Å². The van der Waals surface area contributed by atoms with Gasteiger partial charge < -0.3 is 14.8 Å². The van der Waals surface area contributed by atoms with Crippen LogP contribution in [0.4, 0.5) is 0 Å². The summed E-state index contributed by atoms with van der Waals surface area (Å²) in [4.78, 5) is 13.8. The molecule has 0 fully saturated rings. The fourth-order valence-corrected chi connectivity index (χ4v) is 2.60. The first-order valence-corrected chi connectivity index (χ1v) is 7.05. The normalized spacial score (nSPS) is 12.2. The van der Waals surface area contributed by atoms with Crippen LogP contribution in [0.2, 0.25) is 0 Å². The molecule has 7 heteroatoms. The third kappa shape index (κ3) is 3.23. The summed E-state index contributed by atoms with van der Waals surface area (Å²) in [6.07, 6.45) is 3.31. The number of nitrogens with one attached hydrogen (secondary N) is 1. The van der Waals surface area contributed by atoms with Gasteiger partial charge in [0, 0.05) is 17.6 Å². The molecule has 0 amide bonds. The zero-order chi connectivity index (χ0) is 14.5. The van der Waals surface area contributed by atoms with Crippen LogP contribution in [-0.4, -0.2) is 29.2 Å². The predicted octanol–water partition coefficient (Wildman–Crippen LogP) is 2.11. The van der Waals surface area contributed by atoms with E-state index in [2.05, 4.69) is 27.2 Å². The Hall–Kier alpha value is -1.73. The third-order valence-corrected chi connectivity index (χ3v) is 3.94. The third-order valence-electron chi connectivity index (χ3n) is 2.85. The summed E-state index contributed by atoms with van der Waals surface area (Å²) in [5.74, 6) is 1.04. The van der Waals surface area contributed by atoms with E-state index in [0.717, 1.165) is 10.6 Å². The molecule has 0 radical (unpaired) electrons. The van der Waals surface area contributed by atoms with Gasteiger partial charge in [0.15, 0.2) is 0 Å². The zero-order valence-electron chi connectivity index (χ0n) is 12.0. The van der Waals surface area contributed by atoms with E-state index in [1.165, 1.54) is 11.2 Å². The molecule has 0 aliphatic carbocycles. The smallest absolute Gasteiger partial charge is 0.224 e. The second kappa shape index (κ2) is 6.62. The van der Waals surface area contributed by atoms with Gasteiger partial charge in [0.25, 0.3) is 0 Å². The number of aromatic nitrogens is 3. The standard InChI is InChI=1S/C13H18N4O2S/c1-8-5-15-13(20-8)9(2)14-6-10-11(18-3)16-7-17-12(10)19-4/h5,7,9,14H,6H2,1-4H3. The van der Waals surface area contributed by atoms with Crippen LogP contribution in [0.5, 0.6) is 11.8 Å². The van der Waals surface area contributed by atoms with Crippen LogP contribution in [-0.2, 0) is 6.54 Å². The highest BCUT2D eigenvalue weighted by Crippen LogP contribution is 2.25. The lowest BCUT2D eigenvalue weighted by Crippen LogP contribution is -2.19. The van der Waals surface area contributed by atoms with Gasteiger partial charge in [-0.1, -0.05) is 0 Å². The molecular formula is C13H18N4O2S. The summed E-state index contributed by atoms with van der Waals surface area (Å²) in [7, 11) is 3.16. The monoisotopic (exact) mass is 294 g/mol. The lowest BCUT2D eigenvalue weighted by Gasteiger charge is -2.14. The van der Waals surface area contributed by atoms with Crippen LogP contribution in [0.15, 0.2) is 12.5 Å². The SMILES string of the molecule is COc1ncnc(OC)c1CNC(C)c1ncc(C)s1. The van der Waals surface area contributed by atoms with Gasteiger partial charge in [0.05, 0.1) is 25.8 Å². The van der Waals surface area contributed by atoms with Gasteiger partial charge in [-0.05, 0) is 13.8 Å². The molecule has 2 rings (SSSR count). The quantitative estimate of drug-likeness (QED) is 0.880. The van der Waals surface area contributed by atoms with Gasteiger partial charge in [-0.3, -0.25) is 0 Å². The first-order valence-electron chi connectivity index (χ1n) is 6.23. The van der Waals surface area contributed by atoms with Gasteiger partial charge >= 0.3 is 0 Å². The van der Waals surface area contributed by atoms with E-state index < -0.39 is 0 Å². The maximum Gasteiger partial charge on any atom is 0.224 e. The summed E-state index contributed by atoms with van der Waals surface area (Å²) < 4.78 is 10.5. The Morgan fingerprint density at radius 1 is 1.20 bits per heavy atom. The molecule has 0 aliphatic rings. The Morgan fingerprint density at radius 2 is 1.85 bits per heavy atom. The fourth-order valence-electron chi connectivity index (χ4n) is 1.80. The van der Waals surface area contributed by atoms with E-state index in [-0.39, 0.29) is 6.04 Å². The molecule has 6 nitrogen and oxygen atoms in total. The Morgan fingerprint density at radius 3 is 2.35 bits per heavy atom. The second-order valence-electron chi connectivity index (χ2n) is 4.28. The van der Waals surface area contributed by atoms with Gasteiger partial charge in [0.1, 0.15) is 11.3 Å². The average Bonchev–Trinajstić information content (AvgIpc) is 2.90. The summed E-state index contributed by atoms with van der Waals surface area (Å²) in [6.45, 7) is 4.67. The molecule has 20 heavy (non-hydrogen) atoms. The number of methoxy groups -OCH3 is 2. The fraction of sp³-hybridized carbons (Fsp3) is 0.462. The minimum atomic E-state index is 0.142. The molecular weight excluding hydrogens is 276 g/mol. The van der Waals surface area contributed by atoms with Gasteiger partial charge in [0.2, 0.25) is 11.8 Å². The summed E-state index contributed by atoms with van der Waals surface area (Å²) in [5.41, 5.74) is 0.803. The molecule has 108 valence electrons. The largest absolute Gasteiger partial charge is 0.481 e. The van der Waals surface area contributed by atoms with E-state index in [9.17, 15) is 0 Å². The molecule has 0 aliphatic heterocycles. The number of hydrogen-bond acceptors (Lipinski definition) is 7. The molecule has 1 unspecified atom stereocenters. The van der Waals surface area contributed by atoms with Crippen LogP contribution >= 0.6 is 11.3 Å². The number of rotatable bonds is 6. The van der Waals surface area contributed by atoms with Crippen LogP contribution in [0, 0.1) is 6.92 Å². The first-order chi connectivity index (χ1) is 9.65. The van der Waals surface area contributed by atoms with Crippen molar-refractivity contribution in [3.63, 3.8) is 0 Å². The van der Waals surface area contributed by atoms with Crippen LogP contribution in [0.3, 0.4) is 0 Å². The number of aryl methyl sites for hydroxylation is 1. The van der Waals surface area contributed by atoms with Crippen molar-refractivity contribution in [1.82, 2.24) is 20.3 Å². The Balaban J connectivity index is 2.10. The van der Waals surface area contributed by atoms with Crippen molar-refractivity contribution in [1.29, 1.82) is 0 Å². The Kier molecular flexibility index (Phi) is 4.86. The highest BCUT2D eigenvalue weighted by molar-refractivity contribution is 7.11. The molecule has 1 atom stereocenters. The number of thiazole rings is 1. The predicted molar refractivity (Wildman–Crippen MR) is 77.2 cm³/mol. The molecule has 2 heterocycles. The van der Waals surface area contributed by atoms with Crippen LogP contribution in [0.25, 0.3) is 0 Å². The summed E-state index contributed by atoms with van der Waals surface area (Å²) >= 11 is 1.68. The van der Waals surface area contributed by atoms with Crippen molar-refractivity contribution >= 4 is 11.3 Å². The number of nitrogens with zero attached hydrogens (tertiary/aromatic N) is 3. The van der Waals surface area contributed by atoms with Gasteiger partial charge in [-0.2, -0.15) is 0 Å². The minimum Gasteiger partial charge on any atom is -0.481 e. The second-order valence-corrected chi connectivity index (χ2v) is 5.55. The lowest BCUT2D eigenvalue weighted by molar-refractivity contribution is 0.357. The topological polar surface area (TPSA) is 69.2 Å². The van der Waals surface area contributed by atoms with Crippen molar-refractivity contribution in [3.05, 3.63) is 28.0 Å². The highest BCUT2D eigenvalue weighted by atomic mass is 32.1. The molecule has 0 saturated carbocycles. The van der Waals surface area contributed by atoms with Gasteiger partial charge in [-0.15, -0.1) is 11.3 Å². The van der Waals surface area contributed by atoms with Crippen molar-refractivity contribution in [3.8, 4) is 11.8 Å². The molecule has 2 aromatic heterocycles. The Labute approximate surface area is 122 Å². The average molecular weight is 294 g/mol. The van der Waals surface area contributed by atoms with Crippen LogP contribution in [0.1, 0.15) is 28.4 Å². The number of hydrogen-bond donors (Lipinski definition) is 1. The van der Waals surface area contributed by atoms with Crippen molar-refractivity contribution in [2.75, 3.05) is 14.2 Å². The van der Waals surface area contributed by atoms with E-state index in [0.29, 0.717) is 18.3 Å².